The van der Waals surface area contributed by atoms with E-state index in [0.717, 1.165) is 5.56 Å². The van der Waals surface area contributed by atoms with E-state index in [0.29, 0.717) is 44.3 Å². The van der Waals surface area contributed by atoms with Gasteiger partial charge in [-0.05, 0) is 24.7 Å². The number of hydrogen-bond donors (Lipinski definition) is 1. The van der Waals surface area contributed by atoms with Crippen LogP contribution in [0.2, 0.25) is 5.02 Å². The highest BCUT2D eigenvalue weighted by molar-refractivity contribution is 7.88. The van der Waals surface area contributed by atoms with Crippen molar-refractivity contribution in [3.05, 3.63) is 34.9 Å². The van der Waals surface area contributed by atoms with Crippen LogP contribution >= 0.6 is 11.6 Å². The average Bonchev–Trinajstić information content (AvgIpc) is 3.05. The second-order valence-electron chi connectivity index (χ2n) is 6.89. The quantitative estimate of drug-likeness (QED) is 0.822. The van der Waals surface area contributed by atoms with Gasteiger partial charge in [0.2, 0.25) is 10.0 Å². The molecule has 0 saturated carbocycles. The molecule has 7 nitrogen and oxygen atoms in total. The molecule has 0 bridgehead atoms. The van der Waals surface area contributed by atoms with Gasteiger partial charge in [-0.25, -0.2) is 13.2 Å². The van der Waals surface area contributed by atoms with Crippen LogP contribution < -0.4 is 5.32 Å². The van der Waals surface area contributed by atoms with Gasteiger partial charge in [0.05, 0.1) is 6.26 Å². The Bertz CT molecular complexity index is 748. The molecular formula is C17H25ClN4O3S. The summed E-state index contributed by atoms with van der Waals surface area (Å²) in [6.45, 7) is 2.84. The number of likely N-dealkylation sites (tertiary alicyclic amines) is 1. The monoisotopic (exact) mass is 400 g/mol. The molecule has 2 amide bonds. The first-order valence-corrected chi connectivity index (χ1v) is 10.9. The maximum Gasteiger partial charge on any atom is 0.320 e. The molecule has 1 aromatic carbocycles. The predicted molar refractivity (Wildman–Crippen MR) is 102 cm³/mol. The molecule has 0 aromatic heterocycles. The standard InChI is InChI=1S/C17H25ClN4O3S/c1-19-16-12-21(11-15(16)13-3-5-14(18)6-4-13)17(23)20-7-9-22(10-8-20)26(2,24)25/h3-6,15-16,19H,7-12H2,1-2H3/t15-,16?/m1/s1. The molecule has 0 radical (unpaired) electrons. The molecule has 2 atom stereocenters. The van der Waals surface area contributed by atoms with Crippen molar-refractivity contribution in [1.29, 1.82) is 0 Å². The maximum atomic E-state index is 12.9. The fraction of sp³-hybridized carbons (Fsp3) is 0.588. The number of nitrogens with zero attached hydrogens (tertiary/aromatic N) is 3. The van der Waals surface area contributed by atoms with E-state index in [1.807, 2.05) is 36.2 Å². The van der Waals surface area contributed by atoms with E-state index >= 15 is 0 Å². The van der Waals surface area contributed by atoms with Crippen LogP contribution in [0.25, 0.3) is 0 Å². The zero-order chi connectivity index (χ0) is 18.9. The smallest absolute Gasteiger partial charge is 0.320 e. The van der Waals surface area contributed by atoms with Gasteiger partial charge in [-0.1, -0.05) is 23.7 Å². The normalized spacial score (nSPS) is 24.9. The minimum absolute atomic E-state index is 0.0186. The summed E-state index contributed by atoms with van der Waals surface area (Å²) in [7, 11) is -1.28. The van der Waals surface area contributed by atoms with Crippen molar-refractivity contribution in [2.75, 3.05) is 52.6 Å². The van der Waals surface area contributed by atoms with Crippen molar-refractivity contribution in [3.8, 4) is 0 Å². The molecule has 2 heterocycles. The van der Waals surface area contributed by atoms with E-state index in [-0.39, 0.29) is 18.0 Å². The molecule has 2 fully saturated rings. The van der Waals surface area contributed by atoms with Gasteiger partial charge in [-0.3, -0.25) is 0 Å². The van der Waals surface area contributed by atoms with E-state index in [1.165, 1.54) is 10.6 Å². The van der Waals surface area contributed by atoms with Crippen molar-refractivity contribution in [1.82, 2.24) is 19.4 Å². The summed E-state index contributed by atoms with van der Waals surface area (Å²) in [4.78, 5) is 16.5. The number of sulfonamides is 1. The van der Waals surface area contributed by atoms with Crippen LogP contribution in [0.1, 0.15) is 11.5 Å². The molecular weight excluding hydrogens is 376 g/mol. The Morgan fingerprint density at radius 2 is 1.69 bits per heavy atom. The number of rotatable bonds is 3. The molecule has 1 unspecified atom stereocenters. The highest BCUT2D eigenvalue weighted by atomic mass is 35.5. The molecule has 1 aromatic rings. The van der Waals surface area contributed by atoms with Crippen molar-refractivity contribution >= 4 is 27.7 Å². The number of carbonyl (C=O) groups excluding carboxylic acids is 1. The Kier molecular flexibility index (Phi) is 5.76. The number of hydrogen-bond acceptors (Lipinski definition) is 4. The lowest BCUT2D eigenvalue weighted by molar-refractivity contribution is 0.141. The van der Waals surface area contributed by atoms with E-state index in [4.69, 9.17) is 11.6 Å². The molecule has 2 aliphatic rings. The summed E-state index contributed by atoms with van der Waals surface area (Å²) in [5, 5.41) is 4.01. The molecule has 9 heteroatoms. The van der Waals surface area contributed by atoms with Gasteiger partial charge in [0.1, 0.15) is 0 Å². The zero-order valence-corrected chi connectivity index (χ0v) is 16.6. The summed E-state index contributed by atoms with van der Waals surface area (Å²) in [5.74, 6) is 0.207. The van der Waals surface area contributed by atoms with Gasteiger partial charge in [0.25, 0.3) is 0 Å². The number of carbonyl (C=O) groups is 1. The van der Waals surface area contributed by atoms with Gasteiger partial charge in [0.15, 0.2) is 0 Å². The summed E-state index contributed by atoms with van der Waals surface area (Å²) < 4.78 is 24.7. The fourth-order valence-electron chi connectivity index (χ4n) is 3.71. The Labute approximate surface area is 159 Å². The summed E-state index contributed by atoms with van der Waals surface area (Å²) in [6.07, 6.45) is 1.21. The predicted octanol–water partition coefficient (Wildman–Crippen LogP) is 1.02. The topological polar surface area (TPSA) is 73.0 Å². The minimum Gasteiger partial charge on any atom is -0.322 e. The first-order chi connectivity index (χ1) is 12.3. The molecule has 0 aliphatic carbocycles. The second kappa shape index (κ2) is 7.72. The van der Waals surface area contributed by atoms with Gasteiger partial charge >= 0.3 is 6.03 Å². The minimum atomic E-state index is -3.19. The Balaban J connectivity index is 1.65. The van der Waals surface area contributed by atoms with Crippen LogP contribution in [-0.4, -0.2) is 87.2 Å². The van der Waals surface area contributed by atoms with Crippen LogP contribution in [-0.2, 0) is 10.0 Å². The third-order valence-corrected chi connectivity index (χ3v) is 6.79. The Hall–Kier alpha value is -1.35. The van der Waals surface area contributed by atoms with Crippen molar-refractivity contribution in [3.63, 3.8) is 0 Å². The van der Waals surface area contributed by atoms with Crippen LogP contribution in [0, 0.1) is 0 Å². The lowest BCUT2D eigenvalue weighted by Gasteiger charge is -2.35. The number of likely N-dealkylation sites (N-methyl/N-ethyl adjacent to an activating group) is 1. The van der Waals surface area contributed by atoms with E-state index in [1.54, 1.807) is 4.90 Å². The second-order valence-corrected chi connectivity index (χ2v) is 9.31. The van der Waals surface area contributed by atoms with Gasteiger partial charge in [0, 0.05) is 56.3 Å². The third-order valence-electron chi connectivity index (χ3n) is 5.24. The largest absolute Gasteiger partial charge is 0.322 e. The lowest BCUT2D eigenvalue weighted by Crippen LogP contribution is -2.53. The fourth-order valence-corrected chi connectivity index (χ4v) is 4.66. The van der Waals surface area contributed by atoms with Crippen LogP contribution in [0.3, 0.4) is 0 Å². The summed E-state index contributed by atoms with van der Waals surface area (Å²) >= 11 is 5.98. The molecule has 1 N–H and O–H groups in total. The molecule has 2 saturated heterocycles. The number of nitrogens with one attached hydrogen (secondary N) is 1. The number of piperazine rings is 1. The highest BCUT2D eigenvalue weighted by Crippen LogP contribution is 2.29. The number of benzene rings is 1. The summed E-state index contributed by atoms with van der Waals surface area (Å²) in [5.41, 5.74) is 1.16. The van der Waals surface area contributed by atoms with Gasteiger partial charge in [-0.2, -0.15) is 4.31 Å². The first-order valence-electron chi connectivity index (χ1n) is 8.71. The van der Waals surface area contributed by atoms with Crippen LogP contribution in [0.5, 0.6) is 0 Å². The first kappa shape index (κ1) is 19.4. The number of amides is 2. The Morgan fingerprint density at radius 1 is 1.08 bits per heavy atom. The SMILES string of the molecule is CNC1CN(C(=O)N2CCN(S(C)(=O)=O)CC2)C[C@@H]1c1ccc(Cl)cc1. The van der Waals surface area contributed by atoms with Crippen molar-refractivity contribution < 1.29 is 13.2 Å². The molecule has 0 spiro atoms. The van der Waals surface area contributed by atoms with Gasteiger partial charge < -0.3 is 15.1 Å². The average molecular weight is 401 g/mol. The maximum absolute atomic E-state index is 12.9. The number of urea groups is 1. The zero-order valence-electron chi connectivity index (χ0n) is 15.1. The lowest BCUT2D eigenvalue weighted by atomic mass is 9.94. The highest BCUT2D eigenvalue weighted by Gasteiger charge is 2.38. The number of halogens is 1. The molecule has 26 heavy (non-hydrogen) atoms. The van der Waals surface area contributed by atoms with Gasteiger partial charge in [-0.15, -0.1) is 0 Å². The van der Waals surface area contributed by atoms with Crippen LogP contribution in [0.4, 0.5) is 4.79 Å². The van der Waals surface area contributed by atoms with E-state index in [9.17, 15) is 13.2 Å². The molecule has 144 valence electrons. The van der Waals surface area contributed by atoms with Crippen molar-refractivity contribution in [2.45, 2.75) is 12.0 Å². The van der Waals surface area contributed by atoms with E-state index < -0.39 is 10.0 Å². The van der Waals surface area contributed by atoms with E-state index in [2.05, 4.69) is 5.32 Å². The molecule has 3 rings (SSSR count). The Morgan fingerprint density at radius 3 is 2.23 bits per heavy atom. The summed E-state index contributed by atoms with van der Waals surface area (Å²) in [6, 6.07) is 7.93. The van der Waals surface area contributed by atoms with Crippen LogP contribution in [0.15, 0.2) is 24.3 Å². The molecule has 2 aliphatic heterocycles. The van der Waals surface area contributed by atoms with Crippen molar-refractivity contribution in [2.24, 2.45) is 0 Å². The third kappa shape index (κ3) is 4.14.